The normalized spacial score (nSPS) is 16.6. The van der Waals surface area contributed by atoms with Crippen LogP contribution in [0.3, 0.4) is 0 Å². The minimum Gasteiger partial charge on any atom is -0.486 e. The molecule has 1 aliphatic heterocycles. The maximum absolute atomic E-state index is 12.3. The molecule has 3 aromatic rings. The van der Waals surface area contributed by atoms with Crippen LogP contribution in [0.15, 0.2) is 53.7 Å². The third-order valence-electron chi connectivity index (χ3n) is 3.99. The van der Waals surface area contributed by atoms with Crippen molar-refractivity contribution in [2.24, 2.45) is 0 Å². The molecule has 2 heterocycles. The van der Waals surface area contributed by atoms with E-state index in [4.69, 9.17) is 13.7 Å². The molecule has 4 rings (SSSR count). The first-order valence-corrected chi connectivity index (χ1v) is 9.43. The molecule has 0 amide bonds. The van der Waals surface area contributed by atoms with Gasteiger partial charge in [0.1, 0.15) is 18.7 Å². The average molecular weight is 372 g/mol. The molecule has 0 aliphatic carbocycles. The average Bonchev–Trinajstić information content (AvgIpc) is 2.66. The topological polar surface area (TPSA) is 87.6 Å². The number of aryl methyl sites for hydroxylation is 1. The predicted octanol–water partition coefficient (Wildman–Crippen LogP) is 2.48. The van der Waals surface area contributed by atoms with Crippen LogP contribution in [-0.4, -0.2) is 37.7 Å². The molecular formula is C18H16N2O5S. The number of rotatable bonds is 4. The largest absolute Gasteiger partial charge is 0.486 e. The van der Waals surface area contributed by atoms with Crippen molar-refractivity contribution in [3.05, 3.63) is 54.4 Å². The SMILES string of the molecule is Cc1ccc(S(=O)(=O)OCC2COc3ccc4nccnc4c3O2)cc1. The Hall–Kier alpha value is -2.71. The van der Waals surface area contributed by atoms with Crippen molar-refractivity contribution in [2.45, 2.75) is 17.9 Å². The van der Waals surface area contributed by atoms with Gasteiger partial charge in [-0.05, 0) is 31.2 Å². The van der Waals surface area contributed by atoms with Crippen LogP contribution in [0.5, 0.6) is 11.5 Å². The number of aromatic nitrogens is 2. The Kier molecular flexibility index (Phi) is 4.21. The standard InChI is InChI=1S/C18H16N2O5S/c1-12-2-4-14(5-3-12)26(21,22)24-11-13-10-23-16-7-6-15-17(18(16)25-13)20-9-8-19-15/h2-9,13H,10-11H2,1H3. The van der Waals surface area contributed by atoms with Gasteiger partial charge in [-0.25, -0.2) is 4.98 Å². The first-order chi connectivity index (χ1) is 12.5. The van der Waals surface area contributed by atoms with Gasteiger partial charge < -0.3 is 9.47 Å². The highest BCUT2D eigenvalue weighted by Crippen LogP contribution is 2.37. The molecule has 0 spiro atoms. The van der Waals surface area contributed by atoms with Gasteiger partial charge in [0, 0.05) is 12.4 Å². The second-order valence-corrected chi connectivity index (χ2v) is 7.53. The Bertz CT molecular complexity index is 1050. The van der Waals surface area contributed by atoms with Crippen molar-refractivity contribution in [3.8, 4) is 11.5 Å². The zero-order valence-electron chi connectivity index (χ0n) is 14.0. The number of nitrogens with zero attached hydrogens (tertiary/aromatic N) is 2. The van der Waals surface area contributed by atoms with Crippen molar-refractivity contribution < 1.29 is 22.1 Å². The van der Waals surface area contributed by atoms with E-state index in [-0.39, 0.29) is 18.1 Å². The molecule has 0 fully saturated rings. The van der Waals surface area contributed by atoms with Crippen molar-refractivity contribution in [3.63, 3.8) is 0 Å². The van der Waals surface area contributed by atoms with E-state index in [9.17, 15) is 8.42 Å². The van der Waals surface area contributed by atoms with E-state index < -0.39 is 16.2 Å². The number of hydrogen-bond donors (Lipinski definition) is 0. The Balaban J connectivity index is 1.51. The van der Waals surface area contributed by atoms with E-state index in [1.165, 1.54) is 12.1 Å². The van der Waals surface area contributed by atoms with Gasteiger partial charge >= 0.3 is 0 Å². The maximum atomic E-state index is 12.3. The summed E-state index contributed by atoms with van der Waals surface area (Å²) in [7, 11) is -3.86. The summed E-state index contributed by atoms with van der Waals surface area (Å²) in [6.07, 6.45) is 2.58. The molecule has 1 atom stereocenters. The van der Waals surface area contributed by atoms with Gasteiger partial charge in [-0.1, -0.05) is 17.7 Å². The summed E-state index contributed by atoms with van der Waals surface area (Å²) in [6.45, 7) is 1.91. The summed E-state index contributed by atoms with van der Waals surface area (Å²) < 4.78 is 41.3. The van der Waals surface area contributed by atoms with Crippen molar-refractivity contribution in [1.82, 2.24) is 9.97 Å². The van der Waals surface area contributed by atoms with E-state index in [0.29, 0.717) is 22.5 Å². The quantitative estimate of drug-likeness (QED) is 0.650. The minimum atomic E-state index is -3.86. The van der Waals surface area contributed by atoms with E-state index in [1.54, 1.807) is 36.7 Å². The van der Waals surface area contributed by atoms with Crippen LogP contribution in [0.1, 0.15) is 5.56 Å². The van der Waals surface area contributed by atoms with E-state index in [1.807, 2.05) is 6.92 Å². The van der Waals surface area contributed by atoms with Crippen molar-refractivity contribution in [2.75, 3.05) is 13.2 Å². The number of fused-ring (bicyclic) bond motifs is 3. The molecule has 0 radical (unpaired) electrons. The smallest absolute Gasteiger partial charge is 0.297 e. The molecule has 1 unspecified atom stereocenters. The van der Waals surface area contributed by atoms with Gasteiger partial charge in [-0.2, -0.15) is 8.42 Å². The van der Waals surface area contributed by atoms with Crippen molar-refractivity contribution in [1.29, 1.82) is 0 Å². The van der Waals surface area contributed by atoms with Crippen LogP contribution < -0.4 is 9.47 Å². The Morgan fingerprint density at radius 1 is 1.12 bits per heavy atom. The highest BCUT2D eigenvalue weighted by Gasteiger charge is 2.26. The fourth-order valence-corrected chi connectivity index (χ4v) is 3.56. The number of hydrogen-bond acceptors (Lipinski definition) is 7. The molecule has 2 aromatic carbocycles. The van der Waals surface area contributed by atoms with E-state index in [0.717, 1.165) is 5.56 Å². The molecule has 8 heteroatoms. The first-order valence-electron chi connectivity index (χ1n) is 8.02. The van der Waals surface area contributed by atoms with Crippen LogP contribution in [-0.2, 0) is 14.3 Å². The zero-order valence-corrected chi connectivity index (χ0v) is 14.8. The molecule has 26 heavy (non-hydrogen) atoms. The lowest BCUT2D eigenvalue weighted by Gasteiger charge is -2.26. The maximum Gasteiger partial charge on any atom is 0.297 e. The highest BCUT2D eigenvalue weighted by molar-refractivity contribution is 7.86. The molecule has 0 bridgehead atoms. The summed E-state index contributed by atoms with van der Waals surface area (Å²) in [5.74, 6) is 0.999. The monoisotopic (exact) mass is 372 g/mol. The van der Waals surface area contributed by atoms with Crippen LogP contribution in [0.4, 0.5) is 0 Å². The van der Waals surface area contributed by atoms with E-state index >= 15 is 0 Å². The molecule has 7 nitrogen and oxygen atoms in total. The third kappa shape index (κ3) is 3.21. The molecule has 0 saturated carbocycles. The highest BCUT2D eigenvalue weighted by atomic mass is 32.2. The summed E-state index contributed by atoms with van der Waals surface area (Å²) in [4.78, 5) is 8.60. The van der Waals surface area contributed by atoms with Gasteiger partial charge in [-0.3, -0.25) is 9.17 Å². The molecular weight excluding hydrogens is 356 g/mol. The number of benzene rings is 2. The van der Waals surface area contributed by atoms with Gasteiger partial charge in [0.25, 0.3) is 10.1 Å². The van der Waals surface area contributed by atoms with Crippen molar-refractivity contribution >= 4 is 21.2 Å². The van der Waals surface area contributed by atoms with Crippen LogP contribution in [0.2, 0.25) is 0 Å². The van der Waals surface area contributed by atoms with Gasteiger partial charge in [0.05, 0.1) is 10.4 Å². The molecule has 1 aliphatic rings. The lowest BCUT2D eigenvalue weighted by Crippen LogP contribution is -2.34. The molecule has 0 saturated heterocycles. The summed E-state index contributed by atoms with van der Waals surface area (Å²) in [5, 5.41) is 0. The van der Waals surface area contributed by atoms with E-state index in [2.05, 4.69) is 9.97 Å². The molecule has 1 aromatic heterocycles. The van der Waals surface area contributed by atoms with Crippen LogP contribution in [0.25, 0.3) is 11.0 Å². The molecule has 134 valence electrons. The first kappa shape index (κ1) is 16.7. The zero-order chi connectivity index (χ0) is 18.1. The second kappa shape index (κ2) is 6.54. The fraction of sp³-hybridized carbons (Fsp3) is 0.222. The summed E-state index contributed by atoms with van der Waals surface area (Å²) in [6, 6.07) is 10.0. The lowest BCUT2D eigenvalue weighted by atomic mass is 10.2. The third-order valence-corrected chi connectivity index (χ3v) is 5.28. The van der Waals surface area contributed by atoms with Gasteiger partial charge in [0.2, 0.25) is 0 Å². The number of ether oxygens (including phenoxy) is 2. The Morgan fingerprint density at radius 3 is 2.69 bits per heavy atom. The van der Waals surface area contributed by atoms with Crippen LogP contribution in [0, 0.1) is 6.92 Å². The Labute approximate surface area is 150 Å². The molecule has 0 N–H and O–H groups in total. The Morgan fingerprint density at radius 2 is 1.88 bits per heavy atom. The predicted molar refractivity (Wildman–Crippen MR) is 93.8 cm³/mol. The summed E-state index contributed by atoms with van der Waals surface area (Å²) in [5.41, 5.74) is 2.21. The van der Waals surface area contributed by atoms with Gasteiger partial charge in [0.15, 0.2) is 17.6 Å². The minimum absolute atomic E-state index is 0.108. The lowest BCUT2D eigenvalue weighted by molar-refractivity contribution is 0.0569. The van der Waals surface area contributed by atoms with Crippen LogP contribution >= 0.6 is 0 Å². The fourth-order valence-electron chi connectivity index (χ4n) is 2.62. The second-order valence-electron chi connectivity index (χ2n) is 5.92. The van der Waals surface area contributed by atoms with Gasteiger partial charge in [-0.15, -0.1) is 0 Å². The summed E-state index contributed by atoms with van der Waals surface area (Å²) >= 11 is 0.